The van der Waals surface area contributed by atoms with Gasteiger partial charge in [0.1, 0.15) is 0 Å². The fraction of sp³-hybridized carbons (Fsp3) is 0.143. The molecule has 0 spiro atoms. The van der Waals surface area contributed by atoms with E-state index in [0.717, 1.165) is 0 Å². The Morgan fingerprint density at radius 3 is 2.07 bits per heavy atom. The minimum Gasteiger partial charge on any atom is -0.503 e. The third-order valence-corrected chi connectivity index (χ3v) is 2.22. The van der Waals surface area contributed by atoms with E-state index in [-0.39, 0.29) is 0 Å². The zero-order chi connectivity index (χ0) is 11.1. The van der Waals surface area contributed by atoms with Gasteiger partial charge in [0.25, 0.3) is 0 Å². The van der Waals surface area contributed by atoms with Crippen LogP contribution >= 0.6 is 22.6 Å². The highest BCUT2D eigenvalue weighted by Crippen LogP contribution is 2.37. The van der Waals surface area contributed by atoms with Crippen LogP contribution < -0.4 is 0 Å². The van der Waals surface area contributed by atoms with E-state index in [1.807, 2.05) is 0 Å². The molecule has 0 amide bonds. The van der Waals surface area contributed by atoms with Crippen LogP contribution in [0, 0.1) is 15.2 Å². The molecule has 1 aromatic carbocycles. The van der Waals surface area contributed by atoms with Gasteiger partial charge >= 0.3 is 6.18 Å². The molecule has 0 saturated heterocycles. The van der Waals surface area contributed by atoms with Gasteiger partial charge in [0.2, 0.25) is 0 Å². The molecule has 0 heterocycles. The van der Waals surface area contributed by atoms with Gasteiger partial charge in [-0.25, -0.2) is 8.78 Å². The first-order chi connectivity index (χ1) is 6.25. The molecule has 0 aliphatic rings. The summed E-state index contributed by atoms with van der Waals surface area (Å²) >= 11 is 1.23. The first-order valence-electron chi connectivity index (χ1n) is 3.18. The minimum absolute atomic E-state index is 0.297. The fourth-order valence-electron chi connectivity index (χ4n) is 0.797. The second-order valence-corrected chi connectivity index (χ2v) is 3.54. The number of hydrogen-bond acceptors (Lipinski definition) is 1. The van der Waals surface area contributed by atoms with Crippen molar-refractivity contribution in [1.29, 1.82) is 0 Å². The van der Waals surface area contributed by atoms with Gasteiger partial charge in [-0.05, 0) is 28.7 Å². The number of hydrogen-bond donors (Lipinski definition) is 1. The van der Waals surface area contributed by atoms with Gasteiger partial charge in [0, 0.05) is 0 Å². The second kappa shape index (κ2) is 3.52. The monoisotopic (exact) mass is 324 g/mol. The van der Waals surface area contributed by atoms with Gasteiger partial charge < -0.3 is 5.11 Å². The van der Waals surface area contributed by atoms with E-state index >= 15 is 0 Å². The van der Waals surface area contributed by atoms with Crippen molar-refractivity contribution in [3.05, 3.63) is 26.8 Å². The lowest BCUT2D eigenvalue weighted by molar-refractivity contribution is -0.140. The van der Waals surface area contributed by atoms with Crippen molar-refractivity contribution >= 4 is 22.6 Å². The quantitative estimate of drug-likeness (QED) is 0.441. The van der Waals surface area contributed by atoms with Crippen molar-refractivity contribution in [3.8, 4) is 5.75 Å². The van der Waals surface area contributed by atoms with Crippen LogP contribution in [0.5, 0.6) is 5.75 Å². The van der Waals surface area contributed by atoms with E-state index in [2.05, 4.69) is 0 Å². The Hall–Kier alpha value is -0.600. The smallest absolute Gasteiger partial charge is 0.419 e. The first kappa shape index (κ1) is 11.5. The maximum Gasteiger partial charge on any atom is 0.419 e. The molecule has 1 N–H and O–H groups in total. The molecule has 0 fully saturated rings. The van der Waals surface area contributed by atoms with Gasteiger partial charge in [0.15, 0.2) is 17.4 Å². The van der Waals surface area contributed by atoms with Crippen LogP contribution in [0.2, 0.25) is 0 Å². The zero-order valence-electron chi connectivity index (χ0n) is 6.29. The van der Waals surface area contributed by atoms with E-state index in [1.165, 1.54) is 22.6 Å². The molecule has 78 valence electrons. The average Bonchev–Trinajstić information content (AvgIpc) is 2.06. The normalized spacial score (nSPS) is 11.9. The number of rotatable bonds is 0. The Labute approximate surface area is 88.7 Å². The molecule has 7 heteroatoms. The van der Waals surface area contributed by atoms with Crippen molar-refractivity contribution < 1.29 is 27.1 Å². The van der Waals surface area contributed by atoms with E-state index in [4.69, 9.17) is 5.11 Å². The molecule has 0 aliphatic heterocycles. The van der Waals surface area contributed by atoms with Gasteiger partial charge in [-0.3, -0.25) is 0 Å². The Morgan fingerprint density at radius 1 is 1.14 bits per heavy atom. The first-order valence-corrected chi connectivity index (χ1v) is 4.26. The highest BCUT2D eigenvalue weighted by atomic mass is 127. The van der Waals surface area contributed by atoms with E-state index < -0.39 is 32.7 Å². The molecule has 0 aliphatic carbocycles. The molecule has 0 atom stereocenters. The number of alkyl halides is 3. The maximum absolute atomic E-state index is 12.7. The summed E-state index contributed by atoms with van der Waals surface area (Å²) in [7, 11) is 0. The molecular formula is C7H2F5IO. The number of phenolic OH excluding ortho intramolecular Hbond substituents is 1. The Kier molecular flexibility index (Phi) is 2.88. The lowest BCUT2D eigenvalue weighted by Crippen LogP contribution is -2.09. The van der Waals surface area contributed by atoms with Crippen LogP contribution in [0.25, 0.3) is 0 Å². The van der Waals surface area contributed by atoms with Crippen molar-refractivity contribution in [3.63, 3.8) is 0 Å². The van der Waals surface area contributed by atoms with Gasteiger partial charge in [0.05, 0.1) is 9.13 Å². The van der Waals surface area contributed by atoms with Crippen LogP contribution in [-0.4, -0.2) is 5.11 Å². The molecule has 0 unspecified atom stereocenters. The molecule has 1 rings (SSSR count). The summed E-state index contributed by atoms with van der Waals surface area (Å²) in [6.45, 7) is 0. The molecule has 14 heavy (non-hydrogen) atoms. The van der Waals surface area contributed by atoms with Crippen molar-refractivity contribution in [2.45, 2.75) is 6.18 Å². The second-order valence-electron chi connectivity index (χ2n) is 2.38. The summed E-state index contributed by atoms with van der Waals surface area (Å²) in [5.74, 6) is -4.99. The molecule has 0 aromatic heterocycles. The van der Waals surface area contributed by atoms with Gasteiger partial charge in [-0.1, -0.05) is 0 Å². The molecule has 0 radical (unpaired) electrons. The number of phenols is 1. The molecule has 0 bridgehead atoms. The van der Waals surface area contributed by atoms with Crippen LogP contribution in [0.15, 0.2) is 6.07 Å². The molecule has 0 saturated carbocycles. The topological polar surface area (TPSA) is 20.2 Å². The summed E-state index contributed by atoms with van der Waals surface area (Å²) < 4.78 is 61.1. The number of halogens is 6. The summed E-state index contributed by atoms with van der Waals surface area (Å²) in [5.41, 5.74) is -1.68. The van der Waals surface area contributed by atoms with Crippen molar-refractivity contribution in [1.82, 2.24) is 0 Å². The minimum atomic E-state index is -4.95. The van der Waals surface area contributed by atoms with Gasteiger partial charge in [-0.2, -0.15) is 13.2 Å². The highest BCUT2D eigenvalue weighted by molar-refractivity contribution is 14.1. The fourth-order valence-corrected chi connectivity index (χ4v) is 1.36. The lowest BCUT2D eigenvalue weighted by Gasteiger charge is -2.10. The average molecular weight is 324 g/mol. The lowest BCUT2D eigenvalue weighted by atomic mass is 10.2. The third-order valence-electron chi connectivity index (χ3n) is 1.44. The van der Waals surface area contributed by atoms with Crippen LogP contribution in [0.1, 0.15) is 5.56 Å². The van der Waals surface area contributed by atoms with Crippen LogP contribution in [0.3, 0.4) is 0 Å². The Morgan fingerprint density at radius 2 is 1.64 bits per heavy atom. The van der Waals surface area contributed by atoms with Crippen molar-refractivity contribution in [2.24, 2.45) is 0 Å². The molecule has 1 aromatic rings. The van der Waals surface area contributed by atoms with E-state index in [0.29, 0.717) is 6.07 Å². The molecular weight excluding hydrogens is 322 g/mol. The Bertz CT molecular complexity index is 373. The number of aromatic hydroxyl groups is 1. The summed E-state index contributed by atoms with van der Waals surface area (Å²) in [5, 5.41) is 8.68. The van der Waals surface area contributed by atoms with Crippen LogP contribution in [-0.2, 0) is 6.18 Å². The van der Waals surface area contributed by atoms with Crippen LogP contribution in [0.4, 0.5) is 22.0 Å². The summed E-state index contributed by atoms with van der Waals surface area (Å²) in [6, 6.07) is 0.297. The standard InChI is InChI=1S/C7H2F5IO/c8-4-2(7(10,11)12)1-3(13)5(9)6(4)14/h1,14H. The molecule has 1 nitrogen and oxygen atoms in total. The summed E-state index contributed by atoms with van der Waals surface area (Å²) in [4.78, 5) is 0. The summed E-state index contributed by atoms with van der Waals surface area (Å²) in [6.07, 6.45) is -4.95. The largest absolute Gasteiger partial charge is 0.503 e. The zero-order valence-corrected chi connectivity index (χ0v) is 8.45. The highest BCUT2D eigenvalue weighted by Gasteiger charge is 2.37. The maximum atomic E-state index is 12.7. The Balaban J connectivity index is 3.49. The number of benzene rings is 1. The third kappa shape index (κ3) is 1.91. The van der Waals surface area contributed by atoms with E-state index in [9.17, 15) is 22.0 Å². The SMILES string of the molecule is Oc1c(F)c(I)cc(C(F)(F)F)c1F. The van der Waals surface area contributed by atoms with Gasteiger partial charge in [-0.15, -0.1) is 0 Å². The van der Waals surface area contributed by atoms with Crippen molar-refractivity contribution in [2.75, 3.05) is 0 Å². The predicted molar refractivity (Wildman–Crippen MR) is 45.7 cm³/mol. The predicted octanol–water partition coefficient (Wildman–Crippen LogP) is 3.29. The van der Waals surface area contributed by atoms with E-state index in [1.54, 1.807) is 0 Å².